The number of pyridine rings is 2. The maximum Gasteiger partial charge on any atom is 0.318 e. The lowest BCUT2D eigenvalue weighted by atomic mass is 10.1. The van der Waals surface area contributed by atoms with Gasteiger partial charge in [0, 0.05) is 23.2 Å². The molecule has 0 unspecified atom stereocenters. The number of nitro benzene ring substituents is 1. The molecule has 18 heavy (non-hydrogen) atoms. The van der Waals surface area contributed by atoms with Crippen molar-refractivity contribution in [3.05, 3.63) is 46.8 Å². The second-order valence-electron chi connectivity index (χ2n) is 3.82. The van der Waals surface area contributed by atoms with Crippen LogP contribution < -0.4 is 5.73 Å². The van der Waals surface area contributed by atoms with Gasteiger partial charge in [-0.1, -0.05) is 0 Å². The van der Waals surface area contributed by atoms with Crippen LogP contribution in [-0.4, -0.2) is 14.9 Å². The summed E-state index contributed by atoms with van der Waals surface area (Å²) in [4.78, 5) is 18.9. The van der Waals surface area contributed by atoms with Crippen LogP contribution in [-0.2, 0) is 0 Å². The SMILES string of the molecule is Nc1c([N+](=O)[O-])c2ncccc2c2ncccc12. The van der Waals surface area contributed by atoms with Gasteiger partial charge in [0.05, 0.1) is 10.4 Å². The molecule has 0 bridgehead atoms. The smallest absolute Gasteiger partial charge is 0.318 e. The molecule has 6 nitrogen and oxygen atoms in total. The molecule has 0 radical (unpaired) electrons. The molecule has 0 spiro atoms. The zero-order valence-electron chi connectivity index (χ0n) is 9.20. The number of anilines is 1. The van der Waals surface area contributed by atoms with Crippen molar-refractivity contribution in [2.24, 2.45) is 0 Å². The van der Waals surface area contributed by atoms with Crippen LogP contribution in [0.1, 0.15) is 0 Å². The molecular formula is C12H8N4O2. The minimum Gasteiger partial charge on any atom is -0.393 e. The molecule has 0 aliphatic rings. The van der Waals surface area contributed by atoms with Crippen LogP contribution in [0.25, 0.3) is 21.8 Å². The lowest BCUT2D eigenvalue weighted by Crippen LogP contribution is -2.00. The molecule has 0 saturated carbocycles. The highest BCUT2D eigenvalue weighted by atomic mass is 16.6. The fourth-order valence-electron chi connectivity index (χ4n) is 2.06. The van der Waals surface area contributed by atoms with E-state index in [2.05, 4.69) is 9.97 Å². The van der Waals surface area contributed by atoms with E-state index in [1.807, 2.05) is 0 Å². The highest BCUT2D eigenvalue weighted by molar-refractivity contribution is 6.14. The largest absolute Gasteiger partial charge is 0.393 e. The van der Waals surface area contributed by atoms with Crippen molar-refractivity contribution in [3.63, 3.8) is 0 Å². The van der Waals surface area contributed by atoms with E-state index >= 15 is 0 Å². The molecule has 3 aromatic rings. The summed E-state index contributed by atoms with van der Waals surface area (Å²) in [5, 5.41) is 12.4. The molecule has 0 amide bonds. The van der Waals surface area contributed by atoms with Crippen molar-refractivity contribution >= 4 is 33.2 Å². The van der Waals surface area contributed by atoms with Gasteiger partial charge in [-0.3, -0.25) is 15.1 Å². The van der Waals surface area contributed by atoms with Gasteiger partial charge in [0.2, 0.25) is 0 Å². The molecule has 3 rings (SSSR count). The second-order valence-corrected chi connectivity index (χ2v) is 3.82. The van der Waals surface area contributed by atoms with Gasteiger partial charge in [-0.15, -0.1) is 0 Å². The molecular weight excluding hydrogens is 232 g/mol. The van der Waals surface area contributed by atoms with Crippen LogP contribution in [0.3, 0.4) is 0 Å². The average molecular weight is 240 g/mol. The van der Waals surface area contributed by atoms with Gasteiger partial charge in [-0.25, -0.2) is 4.98 Å². The fourth-order valence-corrected chi connectivity index (χ4v) is 2.06. The second kappa shape index (κ2) is 3.63. The topological polar surface area (TPSA) is 94.9 Å². The summed E-state index contributed by atoms with van der Waals surface area (Å²) >= 11 is 0. The first kappa shape index (κ1) is 10.4. The third-order valence-corrected chi connectivity index (χ3v) is 2.82. The number of nitrogens with zero attached hydrogens (tertiary/aromatic N) is 3. The Balaban J connectivity index is 2.66. The van der Waals surface area contributed by atoms with Gasteiger partial charge in [-0.2, -0.15) is 0 Å². The van der Waals surface area contributed by atoms with E-state index in [1.165, 1.54) is 6.20 Å². The van der Waals surface area contributed by atoms with Crippen LogP contribution in [0.2, 0.25) is 0 Å². The summed E-state index contributed by atoms with van der Waals surface area (Å²) in [6.45, 7) is 0. The summed E-state index contributed by atoms with van der Waals surface area (Å²) in [7, 11) is 0. The van der Waals surface area contributed by atoms with Crippen LogP contribution in [0.15, 0.2) is 36.7 Å². The van der Waals surface area contributed by atoms with E-state index in [1.54, 1.807) is 30.5 Å². The summed E-state index contributed by atoms with van der Waals surface area (Å²) in [5.74, 6) is 0. The minimum absolute atomic E-state index is 0.106. The van der Waals surface area contributed by atoms with Crippen molar-refractivity contribution < 1.29 is 4.92 Å². The maximum absolute atomic E-state index is 11.1. The number of fused-ring (bicyclic) bond motifs is 3. The van der Waals surface area contributed by atoms with Gasteiger partial charge in [0.1, 0.15) is 5.69 Å². The Kier molecular flexibility index (Phi) is 2.09. The molecule has 0 aliphatic heterocycles. The Hall–Kier alpha value is -2.76. The third-order valence-electron chi connectivity index (χ3n) is 2.82. The van der Waals surface area contributed by atoms with Crippen LogP contribution in [0.4, 0.5) is 11.4 Å². The van der Waals surface area contributed by atoms with Crippen molar-refractivity contribution in [1.82, 2.24) is 9.97 Å². The monoisotopic (exact) mass is 240 g/mol. The lowest BCUT2D eigenvalue weighted by molar-refractivity contribution is -0.382. The van der Waals surface area contributed by atoms with E-state index in [4.69, 9.17) is 5.73 Å². The number of nitro groups is 1. The average Bonchev–Trinajstić information content (AvgIpc) is 2.39. The molecule has 2 heterocycles. The molecule has 6 heteroatoms. The quantitative estimate of drug-likeness (QED) is 0.304. The molecule has 0 atom stereocenters. The first-order valence-electron chi connectivity index (χ1n) is 5.25. The maximum atomic E-state index is 11.1. The molecule has 2 N–H and O–H groups in total. The van der Waals surface area contributed by atoms with Gasteiger partial charge in [0.25, 0.3) is 0 Å². The minimum atomic E-state index is -0.503. The van der Waals surface area contributed by atoms with E-state index in [-0.39, 0.29) is 16.9 Å². The highest BCUT2D eigenvalue weighted by Gasteiger charge is 2.22. The Morgan fingerprint density at radius 3 is 2.33 bits per heavy atom. The zero-order chi connectivity index (χ0) is 12.7. The first-order valence-corrected chi connectivity index (χ1v) is 5.25. The molecule has 0 saturated heterocycles. The number of nitrogens with two attached hydrogens (primary N) is 1. The predicted molar refractivity (Wildman–Crippen MR) is 68.1 cm³/mol. The van der Waals surface area contributed by atoms with E-state index in [0.29, 0.717) is 16.3 Å². The predicted octanol–water partition coefficient (Wildman–Crippen LogP) is 2.27. The molecule has 2 aromatic heterocycles. The molecule has 1 aromatic carbocycles. The number of hydrogen-bond donors (Lipinski definition) is 1. The van der Waals surface area contributed by atoms with Crippen LogP contribution in [0, 0.1) is 10.1 Å². The Bertz CT molecular complexity index is 785. The molecule has 0 fully saturated rings. The number of benzene rings is 1. The Labute approximate surface area is 101 Å². The number of aromatic nitrogens is 2. The van der Waals surface area contributed by atoms with Crippen molar-refractivity contribution in [2.45, 2.75) is 0 Å². The number of hydrogen-bond acceptors (Lipinski definition) is 5. The summed E-state index contributed by atoms with van der Waals surface area (Å²) in [6.07, 6.45) is 3.13. The number of rotatable bonds is 1. The summed E-state index contributed by atoms with van der Waals surface area (Å²) in [5.41, 5.74) is 6.71. The van der Waals surface area contributed by atoms with Gasteiger partial charge >= 0.3 is 5.69 Å². The lowest BCUT2D eigenvalue weighted by Gasteiger charge is -2.06. The van der Waals surface area contributed by atoms with E-state index in [0.717, 1.165) is 0 Å². The van der Waals surface area contributed by atoms with Crippen molar-refractivity contribution in [2.75, 3.05) is 5.73 Å². The summed E-state index contributed by atoms with van der Waals surface area (Å²) < 4.78 is 0. The van der Waals surface area contributed by atoms with Gasteiger partial charge in [0.15, 0.2) is 5.52 Å². The van der Waals surface area contributed by atoms with E-state index < -0.39 is 4.92 Å². The van der Waals surface area contributed by atoms with Gasteiger partial charge < -0.3 is 5.73 Å². The fraction of sp³-hybridized carbons (Fsp3) is 0. The zero-order valence-corrected chi connectivity index (χ0v) is 9.20. The summed E-state index contributed by atoms with van der Waals surface area (Å²) in [6, 6.07) is 6.89. The number of nitrogen functional groups attached to an aromatic ring is 1. The van der Waals surface area contributed by atoms with Crippen molar-refractivity contribution in [1.29, 1.82) is 0 Å². The van der Waals surface area contributed by atoms with Crippen LogP contribution in [0.5, 0.6) is 0 Å². The molecule has 0 aliphatic carbocycles. The third kappa shape index (κ3) is 1.29. The van der Waals surface area contributed by atoms with Gasteiger partial charge in [-0.05, 0) is 24.3 Å². The highest BCUT2D eigenvalue weighted by Crippen LogP contribution is 2.37. The van der Waals surface area contributed by atoms with E-state index in [9.17, 15) is 10.1 Å². The Morgan fingerprint density at radius 1 is 1.06 bits per heavy atom. The first-order chi connectivity index (χ1) is 8.70. The normalized spacial score (nSPS) is 10.9. The Morgan fingerprint density at radius 2 is 1.67 bits per heavy atom. The standard InChI is InChI=1S/C12H8N4O2/c13-9-7-3-1-5-14-10(7)8-4-2-6-15-11(8)12(9)16(17)18/h1-6H,13H2. The van der Waals surface area contributed by atoms with Crippen LogP contribution >= 0.6 is 0 Å². The molecule has 88 valence electrons. The van der Waals surface area contributed by atoms with Crippen molar-refractivity contribution in [3.8, 4) is 0 Å².